The Morgan fingerprint density at radius 3 is 2.50 bits per heavy atom. The van der Waals surface area contributed by atoms with Crippen LogP contribution in [0.25, 0.3) is 0 Å². The third-order valence-electron chi connectivity index (χ3n) is 1.81. The normalized spacial score (nSPS) is 24.9. The van der Waals surface area contributed by atoms with E-state index in [-0.39, 0.29) is 18.1 Å². The largest absolute Gasteiger partial charge is 0.482 e. The summed E-state index contributed by atoms with van der Waals surface area (Å²) in [6.07, 6.45) is 0. The summed E-state index contributed by atoms with van der Waals surface area (Å²) in [6, 6.07) is 2.01. The van der Waals surface area contributed by atoms with Crippen molar-refractivity contribution < 1.29 is 18.3 Å². The van der Waals surface area contributed by atoms with Gasteiger partial charge in [0, 0.05) is 0 Å². The number of rotatable bonds is 0. The van der Waals surface area contributed by atoms with Crippen molar-refractivity contribution in [1.82, 2.24) is 0 Å². The Labute approximate surface area is 87.9 Å². The Hall–Kier alpha value is -0.840. The number of hydrogen-bond acceptors (Lipinski definition) is 2. The lowest BCUT2D eigenvalue weighted by Crippen LogP contribution is -2.36. The molecule has 0 fully saturated rings. The molecule has 14 heavy (non-hydrogen) atoms. The average molecular weight is 265 g/mol. The zero-order chi connectivity index (χ0) is 10.3. The molecule has 1 aliphatic heterocycles. The molecule has 0 spiro atoms. The lowest BCUT2D eigenvalue weighted by atomic mass is 10.2. The molecule has 1 aromatic carbocycles. The van der Waals surface area contributed by atoms with E-state index in [4.69, 9.17) is 9.47 Å². The van der Waals surface area contributed by atoms with Crippen LogP contribution in [0.2, 0.25) is 0 Å². The van der Waals surface area contributed by atoms with Crippen molar-refractivity contribution in [3.05, 3.63) is 23.8 Å². The lowest BCUT2D eigenvalue weighted by molar-refractivity contribution is 0.0737. The third kappa shape index (κ3) is 1.56. The molecule has 0 aliphatic carbocycles. The monoisotopic (exact) mass is 264 g/mol. The molecule has 0 bridgehead atoms. The molecular formula is C9H7BrF2O2. The maximum Gasteiger partial charge on any atom is 0.202 e. The minimum Gasteiger partial charge on any atom is -0.482 e. The number of benzene rings is 1. The molecule has 1 aromatic rings. The van der Waals surface area contributed by atoms with Crippen molar-refractivity contribution in [3.63, 3.8) is 0 Å². The number of alkyl halides is 1. The van der Waals surface area contributed by atoms with Gasteiger partial charge in [0.05, 0.1) is 0 Å². The van der Waals surface area contributed by atoms with Crippen LogP contribution < -0.4 is 9.47 Å². The molecule has 5 heteroatoms. The van der Waals surface area contributed by atoms with Crippen molar-refractivity contribution in [1.29, 1.82) is 0 Å². The Balaban J connectivity index is 2.51. The van der Waals surface area contributed by atoms with Gasteiger partial charge in [0.25, 0.3) is 0 Å². The molecule has 0 saturated heterocycles. The van der Waals surface area contributed by atoms with Gasteiger partial charge in [0.15, 0.2) is 21.9 Å². The Bertz CT molecular complexity index is 379. The predicted octanol–water partition coefficient (Wildman–Crippen LogP) is 2.85. The summed E-state index contributed by atoms with van der Waals surface area (Å²) in [5, 5.41) is 0. The molecule has 2 nitrogen and oxygen atoms in total. The molecule has 0 saturated carbocycles. The third-order valence-corrected chi connectivity index (χ3v) is 2.20. The minimum absolute atomic E-state index is 0.125. The van der Waals surface area contributed by atoms with E-state index in [9.17, 15) is 8.78 Å². The van der Waals surface area contributed by atoms with E-state index in [1.807, 2.05) is 0 Å². The summed E-state index contributed by atoms with van der Waals surface area (Å²) in [5.74, 6) is -1.60. The van der Waals surface area contributed by atoms with Crippen molar-refractivity contribution in [2.45, 2.75) is 11.4 Å². The van der Waals surface area contributed by atoms with Gasteiger partial charge in [0.1, 0.15) is 6.61 Å². The van der Waals surface area contributed by atoms with Gasteiger partial charge >= 0.3 is 0 Å². The molecule has 1 atom stereocenters. The van der Waals surface area contributed by atoms with Crippen molar-refractivity contribution in [2.75, 3.05) is 6.61 Å². The van der Waals surface area contributed by atoms with Crippen molar-refractivity contribution in [3.8, 4) is 11.5 Å². The first-order valence-corrected chi connectivity index (χ1v) is 4.78. The Morgan fingerprint density at radius 2 is 1.86 bits per heavy atom. The highest BCUT2D eigenvalue weighted by Crippen LogP contribution is 2.41. The second-order valence-corrected chi connectivity index (χ2v) is 4.86. The zero-order valence-corrected chi connectivity index (χ0v) is 8.90. The van der Waals surface area contributed by atoms with Gasteiger partial charge in [-0.3, -0.25) is 0 Å². The maximum absolute atomic E-state index is 13.2. The molecule has 0 amide bonds. The summed E-state index contributed by atoms with van der Waals surface area (Å²) in [6.45, 7) is 1.79. The smallest absolute Gasteiger partial charge is 0.202 e. The molecule has 1 heterocycles. The second kappa shape index (κ2) is 3.08. The molecule has 1 aliphatic rings. The van der Waals surface area contributed by atoms with Crippen LogP contribution >= 0.6 is 15.9 Å². The summed E-state index contributed by atoms with van der Waals surface area (Å²) < 4.78 is 35.8. The fraction of sp³-hybridized carbons (Fsp3) is 0.333. The van der Waals surface area contributed by atoms with Crippen LogP contribution in [0.15, 0.2) is 12.1 Å². The van der Waals surface area contributed by atoms with E-state index in [0.717, 1.165) is 12.1 Å². The summed E-state index contributed by atoms with van der Waals surface area (Å²) >= 11 is 3.18. The van der Waals surface area contributed by atoms with Gasteiger partial charge < -0.3 is 9.47 Å². The van der Waals surface area contributed by atoms with Gasteiger partial charge in [-0.1, -0.05) is 0 Å². The SMILES string of the molecule is C[C@]1(Br)COc2c(F)ccc(F)c2O1. The zero-order valence-electron chi connectivity index (χ0n) is 7.31. The number of hydrogen-bond donors (Lipinski definition) is 0. The summed E-state index contributed by atoms with van der Waals surface area (Å²) in [5.41, 5.74) is 0. The van der Waals surface area contributed by atoms with E-state index >= 15 is 0 Å². The van der Waals surface area contributed by atoms with Gasteiger partial charge in [-0.25, -0.2) is 8.78 Å². The minimum atomic E-state index is -0.811. The molecular weight excluding hydrogens is 258 g/mol. The van der Waals surface area contributed by atoms with E-state index in [1.54, 1.807) is 6.92 Å². The fourth-order valence-electron chi connectivity index (χ4n) is 1.19. The van der Waals surface area contributed by atoms with Crippen LogP contribution in [-0.4, -0.2) is 11.1 Å². The maximum atomic E-state index is 13.2. The van der Waals surface area contributed by atoms with Crippen LogP contribution in [-0.2, 0) is 0 Å². The highest BCUT2D eigenvalue weighted by atomic mass is 79.9. The van der Waals surface area contributed by atoms with E-state index < -0.39 is 16.1 Å². The van der Waals surface area contributed by atoms with Gasteiger partial charge in [0.2, 0.25) is 5.75 Å². The predicted molar refractivity (Wildman–Crippen MR) is 49.8 cm³/mol. The first-order valence-electron chi connectivity index (χ1n) is 3.98. The highest BCUT2D eigenvalue weighted by Gasteiger charge is 2.33. The van der Waals surface area contributed by atoms with E-state index in [1.165, 1.54) is 0 Å². The van der Waals surface area contributed by atoms with Gasteiger partial charge in [-0.2, -0.15) is 0 Å². The first kappa shape index (κ1) is 9.71. The summed E-state index contributed by atoms with van der Waals surface area (Å²) in [7, 11) is 0. The average Bonchev–Trinajstić information content (AvgIpc) is 2.10. The second-order valence-electron chi connectivity index (χ2n) is 3.18. The van der Waals surface area contributed by atoms with Crippen molar-refractivity contribution in [2.24, 2.45) is 0 Å². The molecule has 2 rings (SSSR count). The van der Waals surface area contributed by atoms with Gasteiger partial charge in [-0.05, 0) is 35.0 Å². The van der Waals surface area contributed by atoms with Crippen LogP contribution in [0.3, 0.4) is 0 Å². The molecule has 0 radical (unpaired) electrons. The van der Waals surface area contributed by atoms with Crippen LogP contribution in [0.4, 0.5) is 8.78 Å². The highest BCUT2D eigenvalue weighted by molar-refractivity contribution is 9.10. The Kier molecular flexibility index (Phi) is 2.14. The number of halogens is 3. The van der Waals surface area contributed by atoms with Gasteiger partial charge in [-0.15, -0.1) is 0 Å². The first-order chi connectivity index (χ1) is 6.49. The molecule has 76 valence electrons. The fourth-order valence-corrected chi connectivity index (χ4v) is 1.46. The topological polar surface area (TPSA) is 18.5 Å². The lowest BCUT2D eigenvalue weighted by Gasteiger charge is -2.30. The number of fused-ring (bicyclic) bond motifs is 1. The van der Waals surface area contributed by atoms with Crippen LogP contribution in [0.1, 0.15) is 6.92 Å². The van der Waals surface area contributed by atoms with Crippen molar-refractivity contribution >= 4 is 15.9 Å². The van der Waals surface area contributed by atoms with Crippen LogP contribution in [0, 0.1) is 11.6 Å². The van der Waals surface area contributed by atoms with E-state index in [0.29, 0.717) is 0 Å². The molecule has 0 N–H and O–H groups in total. The van der Waals surface area contributed by atoms with E-state index in [2.05, 4.69) is 15.9 Å². The Morgan fingerprint density at radius 1 is 1.29 bits per heavy atom. The van der Waals surface area contributed by atoms with Crippen LogP contribution in [0.5, 0.6) is 11.5 Å². The quantitative estimate of drug-likeness (QED) is 0.671. The molecule has 0 unspecified atom stereocenters. The standard InChI is InChI=1S/C9H7BrF2O2/c1-9(10)4-13-7-5(11)2-3-6(12)8(7)14-9/h2-3H,4H2,1H3/t9-/m1/s1. The number of ether oxygens (including phenoxy) is 2. The summed E-state index contributed by atoms with van der Waals surface area (Å²) in [4.78, 5) is 0. The molecule has 0 aromatic heterocycles.